The molecule has 2 unspecified atom stereocenters. The van der Waals surface area contributed by atoms with Crippen LogP contribution in [0.1, 0.15) is 25.3 Å². The minimum Gasteiger partial charge on any atom is -0.311 e. The van der Waals surface area contributed by atoms with Gasteiger partial charge in [-0.05, 0) is 49.8 Å². The fraction of sp³-hybridized carbons (Fsp3) is 0.625. The van der Waals surface area contributed by atoms with Crippen LogP contribution in [-0.2, 0) is 6.42 Å². The average Bonchev–Trinajstić information content (AvgIpc) is 3.21. The van der Waals surface area contributed by atoms with E-state index in [-0.39, 0.29) is 0 Å². The monoisotopic (exact) mass is 280 g/mol. The molecule has 1 saturated carbocycles. The molecule has 1 aliphatic carbocycles. The van der Waals surface area contributed by atoms with Crippen molar-refractivity contribution in [1.29, 1.82) is 0 Å². The first-order valence-electron chi connectivity index (χ1n) is 7.54. The van der Waals surface area contributed by atoms with Crippen LogP contribution in [-0.4, -0.2) is 36.6 Å². The summed E-state index contributed by atoms with van der Waals surface area (Å²) < 4.78 is 26.4. The maximum Gasteiger partial charge on any atom is 0.126 e. The molecule has 0 radical (unpaired) electrons. The normalized spacial score (nSPS) is 27.8. The van der Waals surface area contributed by atoms with Crippen LogP contribution in [0.25, 0.3) is 0 Å². The van der Waals surface area contributed by atoms with Crippen molar-refractivity contribution < 1.29 is 8.78 Å². The lowest BCUT2D eigenvalue weighted by atomic mass is 10.0. The van der Waals surface area contributed by atoms with Gasteiger partial charge in [0, 0.05) is 37.8 Å². The van der Waals surface area contributed by atoms with Crippen molar-refractivity contribution in [2.75, 3.05) is 19.6 Å². The number of hydrogen-bond acceptors (Lipinski definition) is 2. The number of halogens is 2. The summed E-state index contributed by atoms with van der Waals surface area (Å²) in [5.41, 5.74) is 0.746. The Morgan fingerprint density at radius 1 is 1.20 bits per heavy atom. The molecule has 2 aliphatic rings. The number of hydrogen-bond donors (Lipinski definition) is 1. The fourth-order valence-electron chi connectivity index (χ4n) is 3.10. The van der Waals surface area contributed by atoms with Gasteiger partial charge >= 0.3 is 0 Å². The zero-order valence-corrected chi connectivity index (χ0v) is 11.9. The standard InChI is InChI=1S/C16H22F2N2/c1-11-9-19-16(13-2-3-13)10-20(11)5-4-12-6-14(17)8-15(18)7-12/h6-8,11,13,16,19H,2-5,9-10H2,1H3. The molecule has 110 valence electrons. The van der Waals surface area contributed by atoms with Gasteiger partial charge in [0.2, 0.25) is 0 Å². The highest BCUT2D eigenvalue weighted by molar-refractivity contribution is 5.18. The van der Waals surface area contributed by atoms with Crippen molar-refractivity contribution in [2.45, 2.75) is 38.3 Å². The predicted molar refractivity (Wildman–Crippen MR) is 75.6 cm³/mol. The minimum absolute atomic E-state index is 0.482. The van der Waals surface area contributed by atoms with Gasteiger partial charge < -0.3 is 5.32 Å². The van der Waals surface area contributed by atoms with Crippen LogP contribution in [0.15, 0.2) is 18.2 Å². The van der Waals surface area contributed by atoms with Crippen molar-refractivity contribution in [2.24, 2.45) is 5.92 Å². The third-order valence-corrected chi connectivity index (χ3v) is 4.53. The van der Waals surface area contributed by atoms with Crippen molar-refractivity contribution in [1.82, 2.24) is 10.2 Å². The first-order chi connectivity index (χ1) is 9.61. The highest BCUT2D eigenvalue weighted by atomic mass is 19.1. The largest absolute Gasteiger partial charge is 0.311 e. The summed E-state index contributed by atoms with van der Waals surface area (Å²) in [4.78, 5) is 2.45. The fourth-order valence-corrected chi connectivity index (χ4v) is 3.10. The molecule has 0 spiro atoms. The second-order valence-electron chi connectivity index (χ2n) is 6.22. The van der Waals surface area contributed by atoms with E-state index >= 15 is 0 Å². The second-order valence-corrected chi connectivity index (χ2v) is 6.22. The SMILES string of the molecule is CC1CNC(C2CC2)CN1CCc1cc(F)cc(F)c1. The van der Waals surface area contributed by atoms with Crippen molar-refractivity contribution in [3.05, 3.63) is 35.4 Å². The average molecular weight is 280 g/mol. The van der Waals surface area contributed by atoms with Gasteiger partial charge in [-0.3, -0.25) is 4.90 Å². The zero-order chi connectivity index (χ0) is 14.1. The van der Waals surface area contributed by atoms with E-state index < -0.39 is 11.6 Å². The van der Waals surface area contributed by atoms with E-state index in [0.29, 0.717) is 18.5 Å². The zero-order valence-electron chi connectivity index (χ0n) is 11.9. The molecule has 2 nitrogen and oxygen atoms in total. The summed E-state index contributed by atoms with van der Waals surface area (Å²) in [6.07, 6.45) is 3.39. The van der Waals surface area contributed by atoms with Gasteiger partial charge in [0.15, 0.2) is 0 Å². The van der Waals surface area contributed by atoms with E-state index in [4.69, 9.17) is 0 Å². The van der Waals surface area contributed by atoms with Crippen LogP contribution in [0.4, 0.5) is 8.78 Å². The molecule has 4 heteroatoms. The van der Waals surface area contributed by atoms with Crippen LogP contribution in [0.2, 0.25) is 0 Å². The molecule has 1 saturated heterocycles. The number of piperazine rings is 1. The van der Waals surface area contributed by atoms with Crippen LogP contribution in [0, 0.1) is 17.6 Å². The van der Waals surface area contributed by atoms with E-state index in [0.717, 1.165) is 37.2 Å². The molecule has 0 bridgehead atoms. The van der Waals surface area contributed by atoms with Crippen molar-refractivity contribution in [3.63, 3.8) is 0 Å². The molecule has 20 heavy (non-hydrogen) atoms. The summed E-state index contributed by atoms with van der Waals surface area (Å²) in [6, 6.07) is 4.90. The van der Waals surface area contributed by atoms with Gasteiger partial charge in [0.1, 0.15) is 11.6 Å². The third kappa shape index (κ3) is 3.36. The van der Waals surface area contributed by atoms with Gasteiger partial charge in [-0.25, -0.2) is 8.78 Å². The Kier molecular flexibility index (Phi) is 4.03. The molecule has 1 N–H and O–H groups in total. The summed E-state index contributed by atoms with van der Waals surface area (Å²) in [7, 11) is 0. The summed E-state index contributed by atoms with van der Waals surface area (Å²) in [6.45, 7) is 5.15. The van der Waals surface area contributed by atoms with Crippen molar-refractivity contribution >= 4 is 0 Å². The third-order valence-electron chi connectivity index (χ3n) is 4.53. The summed E-state index contributed by atoms with van der Waals surface area (Å²) >= 11 is 0. The molecule has 1 aliphatic heterocycles. The van der Waals surface area contributed by atoms with E-state index in [9.17, 15) is 8.78 Å². The first-order valence-corrected chi connectivity index (χ1v) is 7.54. The van der Waals surface area contributed by atoms with Gasteiger partial charge in [-0.15, -0.1) is 0 Å². The maximum absolute atomic E-state index is 13.2. The molecule has 0 amide bonds. The Labute approximate surface area is 119 Å². The molecular formula is C16H22F2N2. The molecule has 2 fully saturated rings. The van der Waals surface area contributed by atoms with E-state index in [1.54, 1.807) is 0 Å². The molecule has 3 rings (SSSR count). The first kappa shape index (κ1) is 14.0. The van der Waals surface area contributed by atoms with Gasteiger partial charge in [0.05, 0.1) is 0 Å². The second kappa shape index (κ2) is 5.78. The molecular weight excluding hydrogens is 258 g/mol. The van der Waals surface area contributed by atoms with E-state index in [1.807, 2.05) is 0 Å². The molecule has 2 atom stereocenters. The predicted octanol–water partition coefficient (Wildman–Crippen LogP) is 2.58. The maximum atomic E-state index is 13.2. The van der Waals surface area contributed by atoms with Crippen LogP contribution in [0.5, 0.6) is 0 Å². The minimum atomic E-state index is -0.482. The topological polar surface area (TPSA) is 15.3 Å². The van der Waals surface area contributed by atoms with Gasteiger partial charge in [0.25, 0.3) is 0 Å². The van der Waals surface area contributed by atoms with Gasteiger partial charge in [-0.1, -0.05) is 0 Å². The summed E-state index contributed by atoms with van der Waals surface area (Å²) in [5.74, 6) is -0.120. The Balaban J connectivity index is 1.58. The van der Waals surface area contributed by atoms with E-state index in [1.165, 1.54) is 25.0 Å². The van der Waals surface area contributed by atoms with E-state index in [2.05, 4.69) is 17.1 Å². The number of rotatable bonds is 4. The molecule has 1 aromatic carbocycles. The molecule has 0 aromatic heterocycles. The quantitative estimate of drug-likeness (QED) is 0.912. The van der Waals surface area contributed by atoms with Crippen LogP contribution < -0.4 is 5.32 Å². The number of nitrogens with zero attached hydrogens (tertiary/aromatic N) is 1. The molecule has 1 aromatic rings. The Hall–Kier alpha value is -1.00. The lowest BCUT2D eigenvalue weighted by Gasteiger charge is -2.39. The Bertz CT molecular complexity index is 453. The summed E-state index contributed by atoms with van der Waals surface area (Å²) in [5, 5.41) is 3.62. The Morgan fingerprint density at radius 3 is 2.55 bits per heavy atom. The van der Waals surface area contributed by atoms with Crippen molar-refractivity contribution in [3.8, 4) is 0 Å². The van der Waals surface area contributed by atoms with Crippen LogP contribution >= 0.6 is 0 Å². The van der Waals surface area contributed by atoms with Gasteiger partial charge in [-0.2, -0.15) is 0 Å². The lowest BCUT2D eigenvalue weighted by molar-refractivity contribution is 0.134. The lowest BCUT2D eigenvalue weighted by Crippen LogP contribution is -2.56. The highest BCUT2D eigenvalue weighted by Crippen LogP contribution is 2.34. The smallest absolute Gasteiger partial charge is 0.126 e. The highest BCUT2D eigenvalue weighted by Gasteiger charge is 2.35. The van der Waals surface area contributed by atoms with Crippen LogP contribution in [0.3, 0.4) is 0 Å². The Morgan fingerprint density at radius 2 is 1.90 bits per heavy atom. The molecule has 1 heterocycles. The number of benzene rings is 1. The number of nitrogens with one attached hydrogen (secondary N) is 1.